The van der Waals surface area contributed by atoms with Gasteiger partial charge in [-0.05, 0) is 25.1 Å². The van der Waals surface area contributed by atoms with Crippen molar-refractivity contribution in [1.29, 1.82) is 0 Å². The van der Waals surface area contributed by atoms with Crippen molar-refractivity contribution < 1.29 is 17.7 Å². The number of aromatic nitrogens is 5. The molecule has 1 aliphatic rings. The maximum absolute atomic E-state index is 11.9. The zero-order valence-corrected chi connectivity index (χ0v) is 16.3. The third-order valence-corrected chi connectivity index (χ3v) is 5.87. The largest absolute Gasteiger partial charge is 0.377 e. The first-order valence-corrected chi connectivity index (χ1v) is 10.5. The fourth-order valence-electron chi connectivity index (χ4n) is 3.70. The quantitative estimate of drug-likeness (QED) is 0.487. The van der Waals surface area contributed by atoms with Crippen LogP contribution in [0, 0.1) is 0 Å². The van der Waals surface area contributed by atoms with E-state index in [2.05, 4.69) is 19.9 Å². The van der Waals surface area contributed by atoms with Gasteiger partial charge in [-0.3, -0.25) is 4.55 Å². The number of hydrogen-bond donors (Lipinski definition) is 2. The second-order valence-electron chi connectivity index (χ2n) is 6.91. The normalized spacial score (nSPS) is 18.0. The Morgan fingerprint density at radius 2 is 2.10 bits per heavy atom. The number of anilines is 1. The molecule has 0 unspecified atom stereocenters. The van der Waals surface area contributed by atoms with Gasteiger partial charge in [0.15, 0.2) is 11.5 Å². The van der Waals surface area contributed by atoms with Crippen LogP contribution in [0.2, 0.25) is 0 Å². The van der Waals surface area contributed by atoms with Crippen LogP contribution in [0.3, 0.4) is 0 Å². The third kappa shape index (κ3) is 2.94. The molecule has 1 fully saturated rings. The predicted molar refractivity (Wildman–Crippen MR) is 107 cm³/mol. The second kappa shape index (κ2) is 6.51. The fraction of sp³-hybridized carbons (Fsp3) is 0.278. The molecule has 5 rings (SSSR count). The van der Waals surface area contributed by atoms with E-state index in [1.54, 1.807) is 24.5 Å². The average Bonchev–Trinajstić information content (AvgIpc) is 3.34. The zero-order chi connectivity index (χ0) is 20.2. The first-order chi connectivity index (χ1) is 13.9. The van der Waals surface area contributed by atoms with Gasteiger partial charge in [-0.15, -0.1) is 0 Å². The van der Waals surface area contributed by atoms with Gasteiger partial charge in [0, 0.05) is 36.1 Å². The van der Waals surface area contributed by atoms with Gasteiger partial charge in [-0.25, -0.2) is 18.9 Å². The number of nitrogens with zero attached hydrogens (tertiary/aromatic N) is 5. The second-order valence-corrected chi connectivity index (χ2v) is 8.20. The number of aromatic amines is 1. The lowest BCUT2D eigenvalue weighted by Gasteiger charge is -2.34. The van der Waals surface area contributed by atoms with Crippen LogP contribution in [0.4, 0.5) is 5.82 Å². The first-order valence-electron chi connectivity index (χ1n) is 9.07. The molecule has 2 N–H and O–H groups in total. The molecule has 1 aliphatic heterocycles. The van der Waals surface area contributed by atoms with E-state index in [0.717, 1.165) is 9.36 Å². The number of rotatable bonds is 3. The van der Waals surface area contributed by atoms with Crippen LogP contribution < -0.4 is 4.90 Å². The fourth-order valence-corrected chi connectivity index (χ4v) is 4.27. The van der Waals surface area contributed by atoms with Gasteiger partial charge in [-0.1, -0.05) is 0 Å². The Labute approximate surface area is 166 Å². The smallest absolute Gasteiger partial charge is 0.365 e. The van der Waals surface area contributed by atoms with E-state index < -0.39 is 10.3 Å². The van der Waals surface area contributed by atoms with Gasteiger partial charge in [0.05, 0.1) is 24.6 Å². The van der Waals surface area contributed by atoms with Crippen LogP contribution in [0.5, 0.6) is 0 Å². The molecule has 1 saturated heterocycles. The molecule has 150 valence electrons. The molecule has 0 amide bonds. The molecule has 4 aromatic rings. The molecule has 4 aromatic heterocycles. The standard InChI is InChI=1S/C18H18N6O4S/c1-11-10-28-9-8-23(11)17-14-4-7-24(29(25,26)27)18(14)22-16(21-17)13-3-6-20-15-12(13)2-5-19-15/h2-7,11H,8-10H2,1H3,(H,19,20)(H,25,26,27)/t11-/m1/s1. The van der Waals surface area contributed by atoms with E-state index in [9.17, 15) is 13.0 Å². The summed E-state index contributed by atoms with van der Waals surface area (Å²) in [6.45, 7) is 3.71. The van der Waals surface area contributed by atoms with Crippen LogP contribution in [0.1, 0.15) is 6.92 Å². The Morgan fingerprint density at radius 1 is 1.24 bits per heavy atom. The summed E-state index contributed by atoms with van der Waals surface area (Å²) in [5.41, 5.74) is 1.51. The summed E-state index contributed by atoms with van der Waals surface area (Å²) >= 11 is 0. The van der Waals surface area contributed by atoms with E-state index in [4.69, 9.17) is 9.72 Å². The SMILES string of the molecule is C[C@@H]1COCCN1c1nc(-c2ccnc3[nH]ccc23)nc2c1ccn2S(=O)(=O)O. The van der Waals surface area contributed by atoms with Gasteiger partial charge in [0.1, 0.15) is 11.5 Å². The Balaban J connectivity index is 1.82. The van der Waals surface area contributed by atoms with E-state index in [-0.39, 0.29) is 11.7 Å². The highest BCUT2D eigenvalue weighted by atomic mass is 32.2. The molecule has 0 aliphatic carbocycles. The minimum atomic E-state index is -4.51. The lowest BCUT2D eigenvalue weighted by atomic mass is 10.1. The summed E-state index contributed by atoms with van der Waals surface area (Å²) in [6.07, 6.45) is 4.69. The maximum Gasteiger partial charge on any atom is 0.365 e. The summed E-state index contributed by atoms with van der Waals surface area (Å²) in [5, 5.41) is 1.36. The number of pyridine rings is 1. The lowest BCUT2D eigenvalue weighted by molar-refractivity contribution is 0.0987. The number of ether oxygens (including phenoxy) is 1. The minimum absolute atomic E-state index is 0.0495. The molecule has 29 heavy (non-hydrogen) atoms. The van der Waals surface area contributed by atoms with Crippen molar-refractivity contribution in [3.05, 3.63) is 36.8 Å². The van der Waals surface area contributed by atoms with Gasteiger partial charge in [0.25, 0.3) is 0 Å². The molecular formula is C18H18N6O4S. The molecule has 0 saturated carbocycles. The van der Waals surface area contributed by atoms with Gasteiger partial charge in [0.2, 0.25) is 0 Å². The molecule has 0 radical (unpaired) electrons. The number of hydrogen-bond acceptors (Lipinski definition) is 7. The van der Waals surface area contributed by atoms with Crippen molar-refractivity contribution in [3.8, 4) is 11.4 Å². The van der Waals surface area contributed by atoms with Crippen LogP contribution in [-0.4, -0.2) is 62.7 Å². The molecule has 1 atom stereocenters. The van der Waals surface area contributed by atoms with Crippen molar-refractivity contribution in [2.75, 3.05) is 24.7 Å². The van der Waals surface area contributed by atoms with Crippen LogP contribution in [0.25, 0.3) is 33.5 Å². The lowest BCUT2D eigenvalue weighted by Crippen LogP contribution is -2.44. The molecule has 0 aromatic carbocycles. The summed E-state index contributed by atoms with van der Waals surface area (Å²) in [7, 11) is -4.51. The Bertz CT molecular complexity index is 1330. The van der Waals surface area contributed by atoms with Crippen molar-refractivity contribution >= 4 is 38.2 Å². The monoisotopic (exact) mass is 414 g/mol. The number of fused-ring (bicyclic) bond motifs is 2. The summed E-state index contributed by atoms with van der Waals surface area (Å²) in [4.78, 5) is 18.7. The molecule has 0 bridgehead atoms. The van der Waals surface area contributed by atoms with Crippen LogP contribution >= 0.6 is 0 Å². The van der Waals surface area contributed by atoms with Crippen LogP contribution in [0.15, 0.2) is 36.8 Å². The zero-order valence-electron chi connectivity index (χ0n) is 15.5. The van der Waals surface area contributed by atoms with E-state index >= 15 is 0 Å². The first kappa shape index (κ1) is 18.0. The number of nitrogens with one attached hydrogen (secondary N) is 1. The predicted octanol–water partition coefficient (Wildman–Crippen LogP) is 1.85. The number of H-pyrrole nitrogens is 1. The summed E-state index contributed by atoms with van der Waals surface area (Å²) in [6, 6.07) is 5.30. The highest BCUT2D eigenvalue weighted by molar-refractivity contribution is 7.84. The molecule has 10 nitrogen and oxygen atoms in total. The molecule has 11 heteroatoms. The Morgan fingerprint density at radius 3 is 2.90 bits per heavy atom. The molecule has 0 spiro atoms. The molecular weight excluding hydrogens is 396 g/mol. The average molecular weight is 414 g/mol. The maximum atomic E-state index is 11.9. The van der Waals surface area contributed by atoms with Crippen LogP contribution in [-0.2, 0) is 15.0 Å². The minimum Gasteiger partial charge on any atom is -0.377 e. The van der Waals surface area contributed by atoms with Crippen molar-refractivity contribution in [2.24, 2.45) is 0 Å². The highest BCUT2D eigenvalue weighted by Gasteiger charge is 2.26. The van der Waals surface area contributed by atoms with E-state index in [1.165, 1.54) is 6.20 Å². The number of morpholine rings is 1. The van der Waals surface area contributed by atoms with Gasteiger partial charge >= 0.3 is 10.3 Å². The van der Waals surface area contributed by atoms with Crippen molar-refractivity contribution in [1.82, 2.24) is 23.9 Å². The van der Waals surface area contributed by atoms with E-state index in [1.807, 2.05) is 13.0 Å². The highest BCUT2D eigenvalue weighted by Crippen LogP contribution is 2.32. The third-order valence-electron chi connectivity index (χ3n) is 5.08. The van der Waals surface area contributed by atoms with Crippen molar-refractivity contribution in [3.63, 3.8) is 0 Å². The van der Waals surface area contributed by atoms with E-state index in [0.29, 0.717) is 48.0 Å². The van der Waals surface area contributed by atoms with Crippen molar-refractivity contribution in [2.45, 2.75) is 13.0 Å². The summed E-state index contributed by atoms with van der Waals surface area (Å²) in [5.74, 6) is 0.950. The van der Waals surface area contributed by atoms with Gasteiger partial charge < -0.3 is 14.6 Å². The Kier molecular flexibility index (Phi) is 4.05. The Hall–Kier alpha value is -3.02. The summed E-state index contributed by atoms with van der Waals surface area (Å²) < 4.78 is 39.7. The topological polar surface area (TPSA) is 126 Å². The molecule has 5 heterocycles. The van der Waals surface area contributed by atoms with Gasteiger partial charge in [-0.2, -0.15) is 8.42 Å².